The molecule has 2 N–H and O–H groups in total. The molecule has 3 rings (SSSR count). The van der Waals surface area contributed by atoms with Gasteiger partial charge < -0.3 is 10.3 Å². The summed E-state index contributed by atoms with van der Waals surface area (Å²) in [7, 11) is 0. The Morgan fingerprint density at radius 3 is 2.81 bits per heavy atom. The second kappa shape index (κ2) is 8.50. The maximum Gasteiger partial charge on any atom is 0.262 e. The molecule has 7 heteroatoms. The highest BCUT2D eigenvalue weighted by Gasteiger charge is 2.11. The topological polar surface area (TPSA) is 66.9 Å². The van der Waals surface area contributed by atoms with Crippen molar-refractivity contribution in [1.29, 1.82) is 0 Å². The zero-order valence-corrected chi connectivity index (χ0v) is 16.4. The van der Waals surface area contributed by atoms with Crippen molar-refractivity contribution in [1.82, 2.24) is 14.9 Å². The van der Waals surface area contributed by atoms with Gasteiger partial charge in [0.25, 0.3) is 5.56 Å². The number of H-pyrrole nitrogens is 1. The van der Waals surface area contributed by atoms with Crippen LogP contribution in [0.5, 0.6) is 0 Å². The van der Waals surface area contributed by atoms with Crippen LogP contribution in [0.15, 0.2) is 53.3 Å². The first-order valence-corrected chi connectivity index (χ1v) is 9.48. The number of amides is 1. The summed E-state index contributed by atoms with van der Waals surface area (Å²) in [4.78, 5) is 27.9. The zero-order valence-electron chi connectivity index (χ0n) is 14.9. The summed E-state index contributed by atoms with van der Waals surface area (Å²) in [6.07, 6.45) is 0.859. The minimum atomic E-state index is -0.186. The van der Waals surface area contributed by atoms with Crippen LogP contribution >= 0.6 is 23.8 Å². The number of carbonyl (C=O) groups excluding carboxylic acids is 1. The number of hydrogen-bond acceptors (Lipinski definition) is 3. The Bertz CT molecular complexity index is 1090. The maximum atomic E-state index is 12.6. The fraction of sp³-hybridized carbons (Fsp3) is 0.250. The molecule has 1 unspecified atom stereocenters. The van der Waals surface area contributed by atoms with E-state index in [2.05, 4.69) is 10.3 Å². The second-order valence-corrected chi connectivity index (χ2v) is 7.31. The highest BCUT2D eigenvalue weighted by atomic mass is 35.5. The van der Waals surface area contributed by atoms with Gasteiger partial charge in [-0.05, 0) is 55.4 Å². The highest BCUT2D eigenvalue weighted by Crippen LogP contribution is 2.12. The number of hydrogen-bond donors (Lipinski definition) is 2. The summed E-state index contributed by atoms with van der Waals surface area (Å²) in [5, 5.41) is 4.19. The molecular weight excluding hydrogens is 382 g/mol. The third kappa shape index (κ3) is 4.84. The van der Waals surface area contributed by atoms with Crippen molar-refractivity contribution >= 4 is 40.6 Å². The van der Waals surface area contributed by atoms with E-state index < -0.39 is 0 Å². The van der Waals surface area contributed by atoms with E-state index in [4.69, 9.17) is 23.8 Å². The summed E-state index contributed by atoms with van der Waals surface area (Å²) < 4.78 is 1.75. The highest BCUT2D eigenvalue weighted by molar-refractivity contribution is 7.71. The van der Waals surface area contributed by atoms with Gasteiger partial charge in [-0.15, -0.1) is 0 Å². The van der Waals surface area contributed by atoms with Crippen molar-refractivity contribution in [3.63, 3.8) is 0 Å². The quantitative estimate of drug-likeness (QED) is 0.616. The number of aromatic nitrogens is 2. The molecule has 5 nitrogen and oxygen atoms in total. The molecule has 0 saturated carbocycles. The molecule has 1 heterocycles. The van der Waals surface area contributed by atoms with Crippen LogP contribution in [0.3, 0.4) is 0 Å². The van der Waals surface area contributed by atoms with E-state index >= 15 is 0 Å². The van der Waals surface area contributed by atoms with Crippen LogP contribution in [0.25, 0.3) is 10.9 Å². The second-order valence-electron chi connectivity index (χ2n) is 6.49. The Morgan fingerprint density at radius 1 is 1.26 bits per heavy atom. The molecule has 0 aliphatic rings. The number of halogens is 1. The molecule has 3 aromatic rings. The van der Waals surface area contributed by atoms with Gasteiger partial charge >= 0.3 is 0 Å². The van der Waals surface area contributed by atoms with E-state index in [0.717, 1.165) is 5.56 Å². The molecular formula is C20H20ClN3O2S. The van der Waals surface area contributed by atoms with Gasteiger partial charge in [0.1, 0.15) is 0 Å². The summed E-state index contributed by atoms with van der Waals surface area (Å²) in [6.45, 7) is 2.17. The maximum absolute atomic E-state index is 12.6. The van der Waals surface area contributed by atoms with Crippen LogP contribution in [-0.4, -0.2) is 21.5 Å². The summed E-state index contributed by atoms with van der Waals surface area (Å²) in [6, 6.07) is 14.7. The zero-order chi connectivity index (χ0) is 19.4. The van der Waals surface area contributed by atoms with Crippen LogP contribution in [0, 0.1) is 4.77 Å². The molecule has 1 amide bonds. The van der Waals surface area contributed by atoms with Gasteiger partial charge in [0, 0.05) is 24.0 Å². The lowest BCUT2D eigenvalue weighted by Gasteiger charge is -2.15. The number of para-hydroxylation sites is 1. The third-order valence-electron chi connectivity index (χ3n) is 4.29. The average molecular weight is 402 g/mol. The van der Waals surface area contributed by atoms with E-state index in [0.29, 0.717) is 27.1 Å². The monoisotopic (exact) mass is 401 g/mol. The van der Waals surface area contributed by atoms with E-state index in [-0.39, 0.29) is 30.5 Å². The van der Waals surface area contributed by atoms with Gasteiger partial charge in [-0.25, -0.2) is 0 Å². The number of rotatable bonds is 6. The lowest BCUT2D eigenvalue weighted by Crippen LogP contribution is -2.35. The Kier molecular flexibility index (Phi) is 6.08. The fourth-order valence-electron chi connectivity index (χ4n) is 3.03. The number of fused-ring (bicyclic) bond motifs is 1. The Hall–Kier alpha value is -2.44. The first-order valence-electron chi connectivity index (χ1n) is 8.69. The van der Waals surface area contributed by atoms with Crippen molar-refractivity contribution in [2.45, 2.75) is 32.4 Å². The van der Waals surface area contributed by atoms with Gasteiger partial charge in [0.05, 0.1) is 10.9 Å². The molecule has 0 spiro atoms. The van der Waals surface area contributed by atoms with Crippen LogP contribution in [-0.2, 0) is 17.8 Å². The average Bonchev–Trinajstić information content (AvgIpc) is 2.61. The molecule has 2 aromatic carbocycles. The summed E-state index contributed by atoms with van der Waals surface area (Å²) >= 11 is 11.3. The van der Waals surface area contributed by atoms with Crippen LogP contribution in [0.2, 0.25) is 5.02 Å². The molecule has 27 heavy (non-hydrogen) atoms. The number of nitrogens with zero attached hydrogens (tertiary/aromatic N) is 1. The lowest BCUT2D eigenvalue weighted by atomic mass is 10.1. The number of carbonyl (C=O) groups is 1. The van der Waals surface area contributed by atoms with Crippen molar-refractivity contribution in [2.24, 2.45) is 0 Å². The van der Waals surface area contributed by atoms with E-state index in [1.807, 2.05) is 37.3 Å². The molecule has 0 radical (unpaired) electrons. The molecule has 1 aromatic heterocycles. The predicted octanol–water partition coefficient (Wildman–Crippen LogP) is 3.85. The van der Waals surface area contributed by atoms with Crippen molar-refractivity contribution < 1.29 is 4.79 Å². The van der Waals surface area contributed by atoms with Crippen LogP contribution in [0.4, 0.5) is 0 Å². The van der Waals surface area contributed by atoms with Crippen LogP contribution < -0.4 is 10.9 Å². The molecule has 0 aliphatic heterocycles. The summed E-state index contributed by atoms with van der Waals surface area (Å²) in [5.41, 5.74) is 1.57. The lowest BCUT2D eigenvalue weighted by molar-refractivity contribution is -0.121. The van der Waals surface area contributed by atoms with Gasteiger partial charge in [-0.2, -0.15) is 0 Å². The van der Waals surface area contributed by atoms with Crippen molar-refractivity contribution in [3.05, 3.63) is 74.2 Å². The SMILES string of the molecule is CC(Cc1cccc(Cl)c1)NC(=O)CCn1c(=S)[nH]c2ccccc2c1=O. The smallest absolute Gasteiger partial charge is 0.262 e. The molecule has 140 valence electrons. The fourth-order valence-corrected chi connectivity index (χ4v) is 3.53. The van der Waals surface area contributed by atoms with Crippen LogP contribution in [0.1, 0.15) is 18.9 Å². The third-order valence-corrected chi connectivity index (χ3v) is 4.85. The van der Waals surface area contributed by atoms with Crippen molar-refractivity contribution in [2.75, 3.05) is 0 Å². The van der Waals surface area contributed by atoms with Gasteiger partial charge in [0.2, 0.25) is 5.91 Å². The predicted molar refractivity (Wildman–Crippen MR) is 111 cm³/mol. The minimum absolute atomic E-state index is 0.0428. The Balaban J connectivity index is 1.63. The molecule has 0 aliphatic carbocycles. The number of benzene rings is 2. The Morgan fingerprint density at radius 2 is 2.04 bits per heavy atom. The van der Waals surface area contributed by atoms with E-state index in [9.17, 15) is 9.59 Å². The molecule has 1 atom stereocenters. The largest absolute Gasteiger partial charge is 0.353 e. The Labute approximate surface area is 167 Å². The molecule has 0 bridgehead atoms. The van der Waals surface area contributed by atoms with Gasteiger partial charge in [0.15, 0.2) is 4.77 Å². The van der Waals surface area contributed by atoms with E-state index in [1.54, 1.807) is 18.2 Å². The van der Waals surface area contributed by atoms with Crippen molar-refractivity contribution in [3.8, 4) is 0 Å². The van der Waals surface area contributed by atoms with Gasteiger partial charge in [-0.3, -0.25) is 14.2 Å². The van der Waals surface area contributed by atoms with E-state index in [1.165, 1.54) is 4.57 Å². The van der Waals surface area contributed by atoms with Gasteiger partial charge in [-0.1, -0.05) is 35.9 Å². The number of aromatic amines is 1. The first kappa shape index (κ1) is 19.3. The molecule has 0 saturated heterocycles. The minimum Gasteiger partial charge on any atom is -0.353 e. The standard InChI is InChI=1S/C20H20ClN3O2S/c1-13(11-14-5-4-6-15(21)12-14)22-18(25)9-10-24-19(26)16-7-2-3-8-17(16)23-20(24)27/h2-8,12-13H,9-11H2,1H3,(H,22,25)(H,23,27). The number of nitrogens with one attached hydrogen (secondary N) is 2. The summed E-state index contributed by atoms with van der Waals surface area (Å²) in [5.74, 6) is -0.126. The normalized spacial score (nSPS) is 12.1. The molecule has 0 fully saturated rings. The first-order chi connectivity index (χ1) is 12.9.